The largest absolute Gasteiger partial charge is 0.439 e. The number of amides is 1. The van der Waals surface area contributed by atoms with E-state index in [0.717, 1.165) is 18.2 Å². The molecule has 2 aromatic heterocycles. The second kappa shape index (κ2) is 9.91. The zero-order valence-electron chi connectivity index (χ0n) is 18.4. The average molecular weight is 512 g/mol. The highest BCUT2D eigenvalue weighted by Crippen LogP contribution is 2.35. The van der Waals surface area contributed by atoms with Crippen molar-refractivity contribution >= 4 is 11.9 Å². The first kappa shape index (κ1) is 25.1. The molecule has 4 rings (SSSR count). The molecule has 7 nitrogen and oxygen atoms in total. The Morgan fingerprint density at radius 2 is 1.47 bits per heavy atom. The minimum Gasteiger partial charge on any atom is -0.439 e. The van der Waals surface area contributed by atoms with Gasteiger partial charge < -0.3 is 19.3 Å². The third kappa shape index (κ3) is 5.96. The van der Waals surface area contributed by atoms with Crippen LogP contribution in [0.15, 0.2) is 60.9 Å². The number of hydrogen-bond donors (Lipinski definition) is 0. The van der Waals surface area contributed by atoms with E-state index in [-0.39, 0.29) is 49.4 Å². The molecule has 1 aliphatic rings. The van der Waals surface area contributed by atoms with Gasteiger partial charge in [-0.2, -0.15) is 26.3 Å². The van der Waals surface area contributed by atoms with Crippen molar-refractivity contribution in [3.05, 3.63) is 72.1 Å². The van der Waals surface area contributed by atoms with Gasteiger partial charge in [-0.3, -0.25) is 0 Å². The smallest absolute Gasteiger partial charge is 0.419 e. The predicted octanol–water partition coefficient (Wildman–Crippen LogP) is 5.63. The molecule has 0 radical (unpaired) electrons. The van der Waals surface area contributed by atoms with Crippen molar-refractivity contribution in [3.63, 3.8) is 0 Å². The minimum absolute atomic E-state index is 0.0489. The molecule has 0 unspecified atom stereocenters. The Morgan fingerprint density at radius 3 is 2.06 bits per heavy atom. The number of ether oxygens (including phenoxy) is 2. The monoisotopic (exact) mass is 512 g/mol. The third-order valence-corrected chi connectivity index (χ3v) is 5.24. The van der Waals surface area contributed by atoms with E-state index in [4.69, 9.17) is 9.47 Å². The standard InChI is InChI=1S/C23H18F6N4O3/c24-22(25,26)15-3-8-19(31-14-15)35-16-4-6-17(7-5-16)36-21(34)33-12-10-32(11-13-33)20-18(23(27,28)29)2-1-9-30-20/h1-9,14H,10-13H2. The summed E-state index contributed by atoms with van der Waals surface area (Å²) in [7, 11) is 0. The van der Waals surface area contributed by atoms with Crippen LogP contribution < -0.4 is 14.4 Å². The number of aromatic nitrogens is 2. The molecule has 3 heterocycles. The van der Waals surface area contributed by atoms with E-state index >= 15 is 0 Å². The molecule has 1 amide bonds. The quantitative estimate of drug-likeness (QED) is 0.423. The van der Waals surface area contributed by atoms with Crippen LogP contribution in [0.4, 0.5) is 37.0 Å². The van der Waals surface area contributed by atoms with Crippen LogP contribution in [0.3, 0.4) is 0 Å². The number of alkyl halides is 6. The summed E-state index contributed by atoms with van der Waals surface area (Å²) in [5, 5.41) is 0. The molecule has 0 bridgehead atoms. The van der Waals surface area contributed by atoms with Crippen molar-refractivity contribution in [1.82, 2.24) is 14.9 Å². The van der Waals surface area contributed by atoms with Crippen molar-refractivity contribution in [2.45, 2.75) is 12.4 Å². The second-order valence-corrected chi connectivity index (χ2v) is 7.67. The van der Waals surface area contributed by atoms with Crippen LogP contribution in [0.5, 0.6) is 17.4 Å². The van der Waals surface area contributed by atoms with E-state index in [2.05, 4.69) is 9.97 Å². The van der Waals surface area contributed by atoms with Gasteiger partial charge in [0.2, 0.25) is 5.88 Å². The molecule has 3 aromatic rings. The maximum Gasteiger partial charge on any atom is 0.419 e. The third-order valence-electron chi connectivity index (χ3n) is 5.24. The zero-order valence-corrected chi connectivity index (χ0v) is 18.4. The van der Waals surface area contributed by atoms with Gasteiger partial charge in [0.15, 0.2) is 0 Å². The average Bonchev–Trinajstić information content (AvgIpc) is 2.84. The maximum atomic E-state index is 13.3. The van der Waals surface area contributed by atoms with Crippen molar-refractivity contribution in [3.8, 4) is 17.4 Å². The number of rotatable bonds is 4. The molecule has 1 aromatic carbocycles. The second-order valence-electron chi connectivity index (χ2n) is 7.67. The number of halogens is 6. The van der Waals surface area contributed by atoms with Gasteiger partial charge in [-0.05, 0) is 42.5 Å². The fraction of sp³-hybridized carbons (Fsp3) is 0.261. The van der Waals surface area contributed by atoms with Crippen LogP contribution in [-0.2, 0) is 12.4 Å². The minimum atomic E-state index is -4.54. The van der Waals surface area contributed by atoms with Gasteiger partial charge in [-0.1, -0.05) is 0 Å². The van der Waals surface area contributed by atoms with Crippen molar-refractivity contribution in [1.29, 1.82) is 0 Å². The van der Waals surface area contributed by atoms with Crippen molar-refractivity contribution in [2.75, 3.05) is 31.1 Å². The Hall–Kier alpha value is -4.03. The Kier molecular flexibility index (Phi) is 6.91. The summed E-state index contributed by atoms with van der Waals surface area (Å²) in [5.74, 6) is 0.203. The molecule has 1 saturated heterocycles. The lowest BCUT2D eigenvalue weighted by Gasteiger charge is -2.35. The van der Waals surface area contributed by atoms with Gasteiger partial charge in [-0.15, -0.1) is 0 Å². The van der Waals surface area contributed by atoms with Gasteiger partial charge in [0.25, 0.3) is 0 Å². The number of nitrogens with zero attached hydrogens (tertiary/aromatic N) is 4. The zero-order chi connectivity index (χ0) is 25.9. The number of benzene rings is 1. The van der Waals surface area contributed by atoms with Gasteiger partial charge in [0.05, 0.1) is 11.1 Å². The van der Waals surface area contributed by atoms with Crippen LogP contribution in [0, 0.1) is 0 Å². The van der Waals surface area contributed by atoms with E-state index in [1.165, 1.54) is 46.3 Å². The molecular formula is C23H18F6N4O3. The molecule has 0 saturated carbocycles. The Bertz CT molecular complexity index is 1190. The van der Waals surface area contributed by atoms with Crippen molar-refractivity contribution in [2.24, 2.45) is 0 Å². The molecule has 0 N–H and O–H groups in total. The molecular weight excluding hydrogens is 494 g/mol. The van der Waals surface area contributed by atoms with Crippen molar-refractivity contribution < 1.29 is 40.6 Å². The summed E-state index contributed by atoms with van der Waals surface area (Å²) in [4.78, 5) is 22.8. The maximum absolute atomic E-state index is 13.3. The van der Waals surface area contributed by atoms with Crippen LogP contribution in [0.1, 0.15) is 11.1 Å². The Morgan fingerprint density at radius 1 is 0.806 bits per heavy atom. The summed E-state index contributed by atoms with van der Waals surface area (Å²) in [6.07, 6.45) is -7.79. The van der Waals surface area contributed by atoms with Crippen LogP contribution >= 0.6 is 0 Å². The number of piperazine rings is 1. The molecule has 36 heavy (non-hydrogen) atoms. The Balaban J connectivity index is 1.31. The first-order chi connectivity index (χ1) is 17.0. The molecule has 13 heteroatoms. The lowest BCUT2D eigenvalue weighted by molar-refractivity contribution is -0.138. The summed E-state index contributed by atoms with van der Waals surface area (Å²) < 4.78 is 88.3. The molecule has 0 atom stereocenters. The van der Waals surface area contributed by atoms with E-state index in [9.17, 15) is 31.1 Å². The molecule has 190 valence electrons. The number of carbonyl (C=O) groups is 1. The summed E-state index contributed by atoms with van der Waals surface area (Å²) in [5.41, 5.74) is -1.74. The van der Waals surface area contributed by atoms with E-state index in [1.54, 1.807) is 0 Å². The normalized spacial score (nSPS) is 14.5. The Labute approximate surface area is 200 Å². The summed E-state index contributed by atoms with van der Waals surface area (Å²) in [6.45, 7) is 0.547. The highest BCUT2D eigenvalue weighted by Gasteiger charge is 2.36. The van der Waals surface area contributed by atoms with Gasteiger partial charge in [-0.25, -0.2) is 14.8 Å². The van der Waals surface area contributed by atoms with E-state index in [1.807, 2.05) is 0 Å². The first-order valence-corrected chi connectivity index (χ1v) is 10.6. The fourth-order valence-corrected chi connectivity index (χ4v) is 3.44. The number of carbonyl (C=O) groups excluding carboxylic acids is 1. The van der Waals surface area contributed by atoms with Gasteiger partial charge in [0.1, 0.15) is 17.3 Å². The summed E-state index contributed by atoms with van der Waals surface area (Å²) >= 11 is 0. The number of pyridine rings is 2. The predicted molar refractivity (Wildman–Crippen MR) is 115 cm³/mol. The summed E-state index contributed by atoms with van der Waals surface area (Å²) in [6, 6.07) is 9.85. The lowest BCUT2D eigenvalue weighted by atomic mass is 10.2. The highest BCUT2D eigenvalue weighted by molar-refractivity contribution is 5.71. The SMILES string of the molecule is O=C(Oc1ccc(Oc2ccc(C(F)(F)F)cn2)cc1)N1CCN(c2ncccc2C(F)(F)F)CC1. The number of anilines is 1. The first-order valence-electron chi connectivity index (χ1n) is 10.6. The van der Waals surface area contributed by atoms with Crippen LogP contribution in [0.25, 0.3) is 0 Å². The highest BCUT2D eigenvalue weighted by atomic mass is 19.4. The topological polar surface area (TPSA) is 67.8 Å². The lowest BCUT2D eigenvalue weighted by Crippen LogP contribution is -2.50. The number of hydrogen-bond acceptors (Lipinski definition) is 6. The molecule has 1 aliphatic heterocycles. The van der Waals surface area contributed by atoms with E-state index in [0.29, 0.717) is 6.20 Å². The molecule has 1 fully saturated rings. The van der Waals surface area contributed by atoms with Gasteiger partial charge >= 0.3 is 18.4 Å². The van der Waals surface area contributed by atoms with Crippen LogP contribution in [-0.4, -0.2) is 47.1 Å². The molecule has 0 spiro atoms. The molecule has 0 aliphatic carbocycles. The fourth-order valence-electron chi connectivity index (χ4n) is 3.44. The van der Waals surface area contributed by atoms with Crippen LogP contribution in [0.2, 0.25) is 0 Å². The van der Waals surface area contributed by atoms with Gasteiger partial charge in [0, 0.05) is 44.6 Å². The van der Waals surface area contributed by atoms with E-state index < -0.39 is 29.6 Å².